The lowest BCUT2D eigenvalue weighted by Crippen LogP contribution is -2.47. The summed E-state index contributed by atoms with van der Waals surface area (Å²) >= 11 is 0. The number of benzene rings is 2. The first-order valence-electron chi connectivity index (χ1n) is 13.2. The predicted octanol–water partition coefficient (Wildman–Crippen LogP) is 3.26. The Labute approximate surface area is 224 Å². The van der Waals surface area contributed by atoms with E-state index in [2.05, 4.69) is 17.0 Å². The van der Waals surface area contributed by atoms with E-state index >= 15 is 0 Å². The molecule has 0 aliphatic carbocycles. The summed E-state index contributed by atoms with van der Waals surface area (Å²) in [5.41, 5.74) is 2.04. The van der Waals surface area contributed by atoms with Crippen molar-refractivity contribution in [2.45, 2.75) is 19.4 Å². The zero-order valence-corrected chi connectivity index (χ0v) is 22.1. The van der Waals surface area contributed by atoms with E-state index < -0.39 is 0 Å². The van der Waals surface area contributed by atoms with Crippen LogP contribution in [0, 0.1) is 0 Å². The molecule has 0 unspecified atom stereocenters. The lowest BCUT2D eigenvalue weighted by Gasteiger charge is -2.31. The summed E-state index contributed by atoms with van der Waals surface area (Å²) in [6, 6.07) is 21.3. The fourth-order valence-corrected chi connectivity index (χ4v) is 4.46. The maximum Gasteiger partial charge on any atom is 0.242 e. The van der Waals surface area contributed by atoms with Crippen LogP contribution in [-0.4, -0.2) is 86.1 Å². The van der Waals surface area contributed by atoms with Gasteiger partial charge in [0.25, 0.3) is 0 Å². The Hall–Kier alpha value is -3.62. The molecule has 38 heavy (non-hydrogen) atoms. The molecule has 0 bridgehead atoms. The standard InChI is InChI=1S/C30H37N3O5/c1-36-27-11-9-26(10-12-27)22-29(34)33(16-15-31-17-20-37-21-18-31)24-30(35)32(23-28-8-5-19-38-28)14-13-25-6-3-2-4-7-25/h2-12,19H,13-18,20-24H2,1H3. The highest BCUT2D eigenvalue weighted by Crippen LogP contribution is 2.14. The minimum atomic E-state index is -0.0950. The van der Waals surface area contributed by atoms with E-state index in [-0.39, 0.29) is 24.8 Å². The Balaban J connectivity index is 1.45. The molecule has 2 amide bonds. The molecule has 1 saturated heterocycles. The van der Waals surface area contributed by atoms with E-state index in [9.17, 15) is 9.59 Å². The van der Waals surface area contributed by atoms with Crippen LogP contribution in [0.5, 0.6) is 5.75 Å². The highest BCUT2D eigenvalue weighted by molar-refractivity contribution is 5.86. The van der Waals surface area contributed by atoms with Crippen molar-refractivity contribution in [2.24, 2.45) is 0 Å². The molecule has 3 aromatic rings. The van der Waals surface area contributed by atoms with Gasteiger partial charge in [0, 0.05) is 32.7 Å². The van der Waals surface area contributed by atoms with Gasteiger partial charge in [0.05, 0.1) is 46.1 Å². The molecule has 1 aliphatic rings. The molecule has 0 radical (unpaired) electrons. The van der Waals surface area contributed by atoms with Gasteiger partial charge < -0.3 is 23.7 Å². The summed E-state index contributed by atoms with van der Waals surface area (Å²) in [6.07, 6.45) is 2.56. The molecule has 0 N–H and O–H groups in total. The largest absolute Gasteiger partial charge is 0.497 e. The first-order valence-corrected chi connectivity index (χ1v) is 13.2. The number of carbonyl (C=O) groups is 2. The monoisotopic (exact) mass is 519 g/mol. The summed E-state index contributed by atoms with van der Waals surface area (Å²) in [6.45, 7) is 5.14. The summed E-state index contributed by atoms with van der Waals surface area (Å²) in [7, 11) is 1.62. The Bertz CT molecular complexity index is 1110. The summed E-state index contributed by atoms with van der Waals surface area (Å²) < 4.78 is 16.2. The van der Waals surface area contributed by atoms with Gasteiger partial charge in [-0.05, 0) is 41.8 Å². The van der Waals surface area contributed by atoms with Crippen LogP contribution in [0.4, 0.5) is 0 Å². The van der Waals surface area contributed by atoms with Crippen molar-refractivity contribution in [3.05, 3.63) is 89.9 Å². The van der Waals surface area contributed by atoms with E-state index in [0.29, 0.717) is 39.4 Å². The van der Waals surface area contributed by atoms with Gasteiger partial charge in [-0.3, -0.25) is 14.5 Å². The normalized spacial score (nSPS) is 13.7. The fraction of sp³-hybridized carbons (Fsp3) is 0.400. The second-order valence-electron chi connectivity index (χ2n) is 9.42. The van der Waals surface area contributed by atoms with Crippen molar-refractivity contribution in [1.29, 1.82) is 0 Å². The van der Waals surface area contributed by atoms with Gasteiger partial charge in [-0.1, -0.05) is 42.5 Å². The Morgan fingerprint density at radius 1 is 0.868 bits per heavy atom. The quantitative estimate of drug-likeness (QED) is 0.345. The molecule has 0 atom stereocenters. The molecule has 2 heterocycles. The van der Waals surface area contributed by atoms with Crippen LogP contribution in [0.25, 0.3) is 0 Å². The molecule has 4 rings (SSSR count). The zero-order chi connectivity index (χ0) is 26.6. The van der Waals surface area contributed by atoms with Gasteiger partial charge in [0.1, 0.15) is 11.5 Å². The maximum atomic E-state index is 13.6. The third kappa shape index (κ3) is 8.46. The number of ether oxygens (including phenoxy) is 2. The summed E-state index contributed by atoms with van der Waals surface area (Å²) in [5.74, 6) is 1.29. The van der Waals surface area contributed by atoms with Crippen molar-refractivity contribution >= 4 is 11.8 Å². The van der Waals surface area contributed by atoms with E-state index in [1.807, 2.05) is 54.6 Å². The van der Waals surface area contributed by atoms with Crippen LogP contribution < -0.4 is 4.74 Å². The van der Waals surface area contributed by atoms with Crippen LogP contribution >= 0.6 is 0 Å². The van der Waals surface area contributed by atoms with E-state index in [1.165, 1.54) is 0 Å². The smallest absolute Gasteiger partial charge is 0.242 e. The third-order valence-corrected chi connectivity index (χ3v) is 6.78. The highest BCUT2D eigenvalue weighted by Gasteiger charge is 2.23. The lowest BCUT2D eigenvalue weighted by molar-refractivity contribution is -0.141. The first kappa shape index (κ1) is 27.4. The van der Waals surface area contributed by atoms with Crippen molar-refractivity contribution in [3.8, 4) is 5.75 Å². The highest BCUT2D eigenvalue weighted by atomic mass is 16.5. The second-order valence-corrected chi connectivity index (χ2v) is 9.42. The van der Waals surface area contributed by atoms with Crippen LogP contribution in [0.1, 0.15) is 16.9 Å². The molecule has 8 nitrogen and oxygen atoms in total. The average molecular weight is 520 g/mol. The van der Waals surface area contributed by atoms with Crippen molar-refractivity contribution < 1.29 is 23.5 Å². The number of nitrogens with zero attached hydrogens (tertiary/aromatic N) is 3. The number of hydrogen-bond donors (Lipinski definition) is 0. The van der Waals surface area contributed by atoms with Crippen LogP contribution in [0.3, 0.4) is 0 Å². The van der Waals surface area contributed by atoms with Crippen LogP contribution in [0.2, 0.25) is 0 Å². The Morgan fingerprint density at radius 3 is 2.32 bits per heavy atom. The second kappa shape index (κ2) is 14.4. The molecule has 202 valence electrons. The molecule has 0 saturated carbocycles. The van der Waals surface area contributed by atoms with E-state index in [0.717, 1.165) is 42.1 Å². The topological polar surface area (TPSA) is 75.5 Å². The van der Waals surface area contributed by atoms with Gasteiger partial charge >= 0.3 is 0 Å². The molecule has 0 spiro atoms. The molecule has 8 heteroatoms. The van der Waals surface area contributed by atoms with Crippen LogP contribution in [-0.2, 0) is 33.7 Å². The number of morpholine rings is 1. The number of rotatable bonds is 13. The van der Waals surface area contributed by atoms with Gasteiger partial charge in [0.2, 0.25) is 11.8 Å². The zero-order valence-electron chi connectivity index (χ0n) is 22.1. The minimum absolute atomic E-state index is 0.0226. The molecule has 2 aromatic carbocycles. The number of methoxy groups -OCH3 is 1. The molecular formula is C30H37N3O5. The summed E-state index contributed by atoms with van der Waals surface area (Å²) in [5, 5.41) is 0. The van der Waals surface area contributed by atoms with Gasteiger partial charge in [-0.15, -0.1) is 0 Å². The maximum absolute atomic E-state index is 13.6. The van der Waals surface area contributed by atoms with E-state index in [4.69, 9.17) is 13.9 Å². The predicted molar refractivity (Wildman–Crippen MR) is 145 cm³/mol. The number of hydrogen-bond acceptors (Lipinski definition) is 6. The number of amides is 2. The third-order valence-electron chi connectivity index (χ3n) is 6.78. The Morgan fingerprint density at radius 2 is 1.63 bits per heavy atom. The van der Waals surface area contributed by atoms with Gasteiger partial charge in [-0.25, -0.2) is 0 Å². The fourth-order valence-electron chi connectivity index (χ4n) is 4.46. The molecule has 1 aromatic heterocycles. The minimum Gasteiger partial charge on any atom is -0.497 e. The molecular weight excluding hydrogens is 482 g/mol. The van der Waals surface area contributed by atoms with E-state index in [1.54, 1.807) is 23.2 Å². The average Bonchev–Trinajstić information content (AvgIpc) is 3.48. The Kier molecular flexibility index (Phi) is 10.4. The van der Waals surface area contributed by atoms with Gasteiger partial charge in [-0.2, -0.15) is 0 Å². The SMILES string of the molecule is COc1ccc(CC(=O)N(CCN2CCOCC2)CC(=O)N(CCc2ccccc2)Cc2ccco2)cc1. The van der Waals surface area contributed by atoms with Crippen molar-refractivity contribution in [2.75, 3.05) is 59.6 Å². The number of furan rings is 1. The first-order chi connectivity index (χ1) is 18.6. The van der Waals surface area contributed by atoms with Gasteiger partial charge in [0.15, 0.2) is 0 Å². The number of carbonyl (C=O) groups excluding carboxylic acids is 2. The molecule has 1 aliphatic heterocycles. The van der Waals surface area contributed by atoms with Crippen LogP contribution in [0.15, 0.2) is 77.4 Å². The van der Waals surface area contributed by atoms with Crippen molar-refractivity contribution in [3.63, 3.8) is 0 Å². The molecule has 1 fully saturated rings. The van der Waals surface area contributed by atoms with Crippen molar-refractivity contribution in [1.82, 2.24) is 14.7 Å². The summed E-state index contributed by atoms with van der Waals surface area (Å²) in [4.78, 5) is 32.8. The lowest BCUT2D eigenvalue weighted by atomic mass is 10.1.